The van der Waals surface area contributed by atoms with Gasteiger partial charge >= 0.3 is 0 Å². The molecule has 19 heavy (non-hydrogen) atoms. The van der Waals surface area contributed by atoms with Gasteiger partial charge in [-0.05, 0) is 17.7 Å². The minimum atomic E-state index is -0.201. The third kappa shape index (κ3) is 2.87. The summed E-state index contributed by atoms with van der Waals surface area (Å²) in [7, 11) is 1.57. The molecule has 0 aliphatic heterocycles. The molecule has 94 valence electrons. The number of carbonyl (C=O) groups is 1. The molecule has 5 nitrogen and oxygen atoms in total. The summed E-state index contributed by atoms with van der Waals surface area (Å²) in [6.45, 7) is 0. The maximum absolute atomic E-state index is 11.5. The first kappa shape index (κ1) is 12.6. The number of nitrogens with one attached hydrogen (secondary N) is 1. The van der Waals surface area contributed by atoms with Crippen LogP contribution in [0.5, 0.6) is 0 Å². The smallest absolute Gasteiger partial charge is 0.245 e. The third-order valence-electron chi connectivity index (χ3n) is 2.61. The van der Waals surface area contributed by atoms with E-state index in [-0.39, 0.29) is 5.91 Å². The maximum Gasteiger partial charge on any atom is 0.245 e. The van der Waals surface area contributed by atoms with Gasteiger partial charge in [-0.3, -0.25) is 4.79 Å². The molecule has 1 aromatic heterocycles. The second-order valence-corrected chi connectivity index (χ2v) is 3.80. The number of rotatable bonds is 3. The normalized spacial score (nSPS) is 10.8. The first-order valence-electron chi connectivity index (χ1n) is 5.67. The Bertz CT molecular complexity index is 633. The summed E-state index contributed by atoms with van der Waals surface area (Å²) in [6.07, 6.45) is 6.50. The van der Waals surface area contributed by atoms with Gasteiger partial charge in [0.05, 0.1) is 23.7 Å². The van der Waals surface area contributed by atoms with E-state index in [1.165, 1.54) is 6.08 Å². The molecule has 0 atom stereocenters. The molecule has 1 heterocycles. The van der Waals surface area contributed by atoms with Gasteiger partial charge in [0.2, 0.25) is 5.91 Å². The molecule has 0 aliphatic rings. The van der Waals surface area contributed by atoms with E-state index < -0.39 is 0 Å². The van der Waals surface area contributed by atoms with Crippen molar-refractivity contribution in [2.45, 2.75) is 0 Å². The van der Waals surface area contributed by atoms with Crippen LogP contribution in [0.25, 0.3) is 5.70 Å². The Kier molecular flexibility index (Phi) is 3.74. The number of nitriles is 1. The van der Waals surface area contributed by atoms with Crippen molar-refractivity contribution in [3.05, 3.63) is 60.2 Å². The van der Waals surface area contributed by atoms with Gasteiger partial charge in [0.1, 0.15) is 0 Å². The minimum Gasteiger partial charge on any atom is -0.356 e. The summed E-state index contributed by atoms with van der Waals surface area (Å²) in [5.41, 5.74) is 2.11. The summed E-state index contributed by atoms with van der Waals surface area (Å²) >= 11 is 0. The van der Waals surface area contributed by atoms with Crippen LogP contribution in [0.1, 0.15) is 11.1 Å². The van der Waals surface area contributed by atoms with Crippen LogP contribution in [-0.2, 0) is 4.79 Å². The van der Waals surface area contributed by atoms with Gasteiger partial charge in [0.25, 0.3) is 0 Å². The van der Waals surface area contributed by atoms with E-state index in [9.17, 15) is 4.79 Å². The number of benzene rings is 1. The van der Waals surface area contributed by atoms with Crippen molar-refractivity contribution in [3.8, 4) is 6.07 Å². The van der Waals surface area contributed by atoms with Crippen LogP contribution >= 0.6 is 0 Å². The quantitative estimate of drug-likeness (QED) is 0.839. The molecule has 1 aromatic carbocycles. The lowest BCUT2D eigenvalue weighted by Gasteiger charge is -2.08. The van der Waals surface area contributed by atoms with Gasteiger partial charge in [-0.25, -0.2) is 4.98 Å². The molecule has 0 spiro atoms. The molecule has 0 fully saturated rings. The zero-order chi connectivity index (χ0) is 13.7. The molecule has 0 saturated heterocycles. The van der Waals surface area contributed by atoms with Crippen LogP contribution < -0.4 is 5.32 Å². The van der Waals surface area contributed by atoms with Gasteiger partial charge in [0.15, 0.2) is 0 Å². The highest BCUT2D eigenvalue weighted by molar-refractivity contribution is 5.95. The van der Waals surface area contributed by atoms with Crippen molar-refractivity contribution in [1.82, 2.24) is 14.9 Å². The van der Waals surface area contributed by atoms with Crippen LogP contribution in [0.2, 0.25) is 0 Å². The lowest BCUT2D eigenvalue weighted by Crippen LogP contribution is -2.16. The Morgan fingerprint density at radius 2 is 2.16 bits per heavy atom. The third-order valence-corrected chi connectivity index (χ3v) is 2.61. The number of amides is 1. The molecule has 2 aromatic rings. The van der Waals surface area contributed by atoms with Crippen LogP contribution in [0.4, 0.5) is 0 Å². The Morgan fingerprint density at radius 1 is 1.42 bits per heavy atom. The van der Waals surface area contributed by atoms with E-state index in [0.717, 1.165) is 5.56 Å². The van der Waals surface area contributed by atoms with Crippen molar-refractivity contribution in [1.29, 1.82) is 5.26 Å². The van der Waals surface area contributed by atoms with E-state index in [4.69, 9.17) is 5.26 Å². The summed E-state index contributed by atoms with van der Waals surface area (Å²) in [6, 6.07) is 9.08. The highest BCUT2D eigenvalue weighted by Crippen LogP contribution is 2.17. The highest BCUT2D eigenvalue weighted by atomic mass is 16.1. The zero-order valence-electron chi connectivity index (χ0n) is 10.4. The molecule has 0 bridgehead atoms. The standard InChI is InChI=1S/C14H12N4O/c1-16-14(19)8-13(18-7-6-17-10-18)12-4-2-11(9-15)3-5-12/h2-8,10H,1H3,(H,16,19)/b13-8+. The van der Waals surface area contributed by atoms with E-state index in [0.29, 0.717) is 11.3 Å². The second kappa shape index (κ2) is 5.65. The number of aromatic nitrogens is 2. The molecule has 0 unspecified atom stereocenters. The molecule has 5 heteroatoms. The Balaban J connectivity index is 2.46. The zero-order valence-corrected chi connectivity index (χ0v) is 10.4. The summed E-state index contributed by atoms with van der Waals surface area (Å²) in [5.74, 6) is -0.201. The van der Waals surface area contributed by atoms with Gasteiger partial charge in [-0.15, -0.1) is 0 Å². The maximum atomic E-state index is 11.5. The number of hydrogen-bond donors (Lipinski definition) is 1. The van der Waals surface area contributed by atoms with E-state index in [2.05, 4.69) is 16.4 Å². The molecule has 0 saturated carbocycles. The van der Waals surface area contributed by atoms with Gasteiger partial charge < -0.3 is 9.88 Å². The number of likely N-dealkylation sites (N-methyl/N-ethyl adjacent to an activating group) is 1. The fraction of sp³-hybridized carbons (Fsp3) is 0.0714. The number of imidazole rings is 1. The molecular weight excluding hydrogens is 240 g/mol. The van der Waals surface area contributed by atoms with Crippen molar-refractivity contribution >= 4 is 11.6 Å². The van der Waals surface area contributed by atoms with Crippen molar-refractivity contribution < 1.29 is 4.79 Å². The Hall–Kier alpha value is -2.87. The second-order valence-electron chi connectivity index (χ2n) is 3.80. The highest BCUT2D eigenvalue weighted by Gasteiger charge is 2.06. The van der Waals surface area contributed by atoms with Crippen molar-refractivity contribution in [2.24, 2.45) is 0 Å². The molecular formula is C14H12N4O. The first-order valence-corrected chi connectivity index (χ1v) is 5.67. The predicted octanol–water partition coefficient (Wildman–Crippen LogP) is 1.39. The van der Waals surface area contributed by atoms with Crippen LogP contribution in [0.15, 0.2) is 49.1 Å². The molecule has 2 rings (SSSR count). The largest absolute Gasteiger partial charge is 0.356 e. The van der Waals surface area contributed by atoms with Crippen molar-refractivity contribution in [3.63, 3.8) is 0 Å². The lowest BCUT2D eigenvalue weighted by atomic mass is 10.1. The number of nitrogens with zero attached hydrogens (tertiary/aromatic N) is 3. The average molecular weight is 252 g/mol. The SMILES string of the molecule is CNC(=O)/C=C(\c1ccc(C#N)cc1)n1ccnc1. The fourth-order valence-corrected chi connectivity index (χ4v) is 1.62. The monoisotopic (exact) mass is 252 g/mol. The van der Waals surface area contributed by atoms with E-state index >= 15 is 0 Å². The van der Waals surface area contributed by atoms with E-state index in [1.54, 1.807) is 54.6 Å². The number of hydrogen-bond acceptors (Lipinski definition) is 3. The topological polar surface area (TPSA) is 70.7 Å². The fourth-order valence-electron chi connectivity index (χ4n) is 1.62. The minimum absolute atomic E-state index is 0.201. The predicted molar refractivity (Wildman–Crippen MR) is 70.8 cm³/mol. The van der Waals surface area contributed by atoms with Crippen LogP contribution in [0, 0.1) is 11.3 Å². The average Bonchev–Trinajstić information content (AvgIpc) is 2.98. The number of carbonyl (C=O) groups excluding carboxylic acids is 1. The van der Waals surface area contributed by atoms with Crippen molar-refractivity contribution in [2.75, 3.05) is 7.05 Å². The summed E-state index contributed by atoms with van der Waals surface area (Å²) < 4.78 is 1.75. The van der Waals surface area contributed by atoms with Gasteiger partial charge in [-0.1, -0.05) is 12.1 Å². The summed E-state index contributed by atoms with van der Waals surface area (Å²) in [5, 5.41) is 11.3. The summed E-state index contributed by atoms with van der Waals surface area (Å²) in [4.78, 5) is 15.5. The van der Waals surface area contributed by atoms with Crippen LogP contribution in [-0.4, -0.2) is 22.5 Å². The molecule has 1 N–H and O–H groups in total. The van der Waals surface area contributed by atoms with Crippen LogP contribution in [0.3, 0.4) is 0 Å². The Labute approximate surface area is 110 Å². The molecule has 0 radical (unpaired) electrons. The molecule has 0 aliphatic carbocycles. The first-order chi connectivity index (χ1) is 9.24. The Morgan fingerprint density at radius 3 is 2.68 bits per heavy atom. The van der Waals surface area contributed by atoms with E-state index in [1.807, 2.05) is 0 Å². The van der Waals surface area contributed by atoms with Gasteiger partial charge in [0, 0.05) is 25.5 Å². The lowest BCUT2D eigenvalue weighted by molar-refractivity contribution is -0.116. The molecule has 1 amide bonds. The van der Waals surface area contributed by atoms with Gasteiger partial charge in [-0.2, -0.15) is 5.26 Å².